The summed E-state index contributed by atoms with van der Waals surface area (Å²) in [6, 6.07) is 15.9. The number of hydrogen-bond donors (Lipinski definition) is 3. The van der Waals surface area contributed by atoms with Crippen LogP contribution in [0.1, 0.15) is 48.4 Å². The number of nitrogens with zero attached hydrogens (tertiary/aromatic N) is 2. The highest BCUT2D eigenvalue weighted by molar-refractivity contribution is 5.82. The maximum Gasteiger partial charge on any atom is 0.223 e. The van der Waals surface area contributed by atoms with Gasteiger partial charge >= 0.3 is 0 Å². The maximum atomic E-state index is 11.8. The van der Waals surface area contributed by atoms with Crippen LogP contribution in [0, 0.1) is 17.8 Å². The summed E-state index contributed by atoms with van der Waals surface area (Å²) in [6.45, 7) is 1.46. The van der Waals surface area contributed by atoms with Crippen LogP contribution >= 0.6 is 0 Å². The van der Waals surface area contributed by atoms with E-state index in [1.165, 1.54) is 5.56 Å². The number of carbonyl (C=O) groups excluding carboxylic acids is 1. The molecule has 6 heteroatoms. The summed E-state index contributed by atoms with van der Waals surface area (Å²) in [5.41, 5.74) is 4.24. The van der Waals surface area contributed by atoms with Gasteiger partial charge in [-0.05, 0) is 48.1 Å². The van der Waals surface area contributed by atoms with E-state index >= 15 is 0 Å². The Balaban J connectivity index is 1.45. The lowest BCUT2D eigenvalue weighted by Crippen LogP contribution is -2.20. The number of amides is 1. The molecule has 3 aromatic rings. The van der Waals surface area contributed by atoms with Crippen LogP contribution in [0.2, 0.25) is 0 Å². The van der Waals surface area contributed by atoms with Crippen molar-refractivity contribution in [2.75, 3.05) is 13.7 Å². The van der Waals surface area contributed by atoms with E-state index in [0.717, 1.165) is 23.1 Å². The summed E-state index contributed by atoms with van der Waals surface area (Å²) in [5.74, 6) is 7.19. The quantitative estimate of drug-likeness (QED) is 0.526. The number of nitrogens with one attached hydrogen (secondary N) is 1. The number of aliphatic hydroxyl groups excluding tert-OH is 2. The molecular formula is C26H27N3O3. The Morgan fingerprint density at radius 2 is 1.84 bits per heavy atom. The molecule has 1 aliphatic carbocycles. The van der Waals surface area contributed by atoms with Crippen molar-refractivity contribution >= 4 is 5.91 Å². The summed E-state index contributed by atoms with van der Waals surface area (Å²) >= 11 is 0. The van der Waals surface area contributed by atoms with Crippen LogP contribution in [0.5, 0.6) is 0 Å². The minimum Gasteiger partial charge on any atom is -0.393 e. The standard InChI is InChI=1S/C26H27N3O3/c1-17(31)25-28-13-14-29(25)22(16-30)12-5-18-3-6-19(7-4-18)20-8-10-21(11-9-20)23-15-24(23)26(32)27-2/h3-4,6-11,13-14,17,22-24,30-31H,15-16H2,1-2H3,(H,27,32)/t17-,22-,23-,24+/m0/s1. The Morgan fingerprint density at radius 1 is 1.19 bits per heavy atom. The van der Waals surface area contributed by atoms with Gasteiger partial charge in [-0.1, -0.05) is 48.2 Å². The molecule has 1 aliphatic rings. The molecule has 0 spiro atoms. The molecule has 32 heavy (non-hydrogen) atoms. The van der Waals surface area contributed by atoms with Crippen LogP contribution in [0.15, 0.2) is 60.9 Å². The number of aromatic nitrogens is 2. The van der Waals surface area contributed by atoms with E-state index in [1.807, 2.05) is 24.3 Å². The lowest BCUT2D eigenvalue weighted by atomic mass is 10.0. The van der Waals surface area contributed by atoms with Crippen molar-refractivity contribution in [2.24, 2.45) is 5.92 Å². The fraction of sp³-hybridized carbons (Fsp3) is 0.308. The SMILES string of the molecule is CNC(=O)[C@@H]1C[C@H]1c1ccc(-c2ccc(C#C[C@@H](CO)n3ccnc3[C@H](C)O)cc2)cc1. The van der Waals surface area contributed by atoms with Crippen LogP contribution in [0.25, 0.3) is 11.1 Å². The molecular weight excluding hydrogens is 402 g/mol. The second kappa shape index (κ2) is 9.39. The Hall–Kier alpha value is -3.40. The van der Waals surface area contributed by atoms with Crippen LogP contribution < -0.4 is 5.32 Å². The van der Waals surface area contributed by atoms with E-state index in [1.54, 1.807) is 30.9 Å². The normalized spacial score (nSPS) is 18.9. The topological polar surface area (TPSA) is 87.4 Å². The highest BCUT2D eigenvalue weighted by Gasteiger charge is 2.43. The van der Waals surface area contributed by atoms with Gasteiger partial charge in [-0.3, -0.25) is 4.79 Å². The van der Waals surface area contributed by atoms with Crippen molar-refractivity contribution in [1.82, 2.24) is 14.9 Å². The van der Waals surface area contributed by atoms with Gasteiger partial charge in [-0.2, -0.15) is 0 Å². The third kappa shape index (κ3) is 4.59. The van der Waals surface area contributed by atoms with Gasteiger partial charge in [0.05, 0.1) is 6.61 Å². The Labute approximate surface area is 187 Å². The third-order valence-corrected chi connectivity index (χ3v) is 5.89. The lowest BCUT2D eigenvalue weighted by molar-refractivity contribution is -0.121. The van der Waals surface area contributed by atoms with Crippen molar-refractivity contribution in [3.05, 3.63) is 77.9 Å². The molecule has 164 valence electrons. The number of hydrogen-bond acceptors (Lipinski definition) is 4. The molecule has 0 unspecified atom stereocenters. The number of imidazole rings is 1. The van der Waals surface area contributed by atoms with Crippen LogP contribution in [-0.2, 0) is 4.79 Å². The Bertz CT molecular complexity index is 1140. The number of rotatable bonds is 6. The molecule has 4 atom stereocenters. The van der Waals surface area contributed by atoms with Gasteiger partial charge in [0.15, 0.2) is 0 Å². The van der Waals surface area contributed by atoms with Gasteiger partial charge in [0, 0.05) is 30.9 Å². The predicted molar refractivity (Wildman–Crippen MR) is 123 cm³/mol. The highest BCUT2D eigenvalue weighted by Crippen LogP contribution is 2.47. The van der Waals surface area contributed by atoms with Crippen molar-refractivity contribution in [3.8, 4) is 23.0 Å². The first-order valence-corrected chi connectivity index (χ1v) is 10.8. The summed E-state index contributed by atoms with van der Waals surface area (Å²) in [5, 5.41) is 22.3. The molecule has 1 aromatic heterocycles. The first-order valence-electron chi connectivity index (χ1n) is 10.8. The second-order valence-electron chi connectivity index (χ2n) is 8.10. The van der Waals surface area contributed by atoms with Gasteiger partial charge in [0.1, 0.15) is 18.0 Å². The molecule has 1 saturated carbocycles. The Kier molecular flexibility index (Phi) is 6.40. The first kappa shape index (κ1) is 21.8. The lowest BCUT2D eigenvalue weighted by Gasteiger charge is -2.14. The van der Waals surface area contributed by atoms with Crippen molar-refractivity contribution < 1.29 is 15.0 Å². The molecule has 1 fully saturated rings. The molecule has 0 saturated heterocycles. The predicted octanol–water partition coefficient (Wildman–Crippen LogP) is 3.04. The third-order valence-electron chi connectivity index (χ3n) is 5.89. The minimum absolute atomic E-state index is 0.102. The molecule has 0 radical (unpaired) electrons. The van der Waals surface area contributed by atoms with E-state index in [0.29, 0.717) is 11.7 Å². The maximum absolute atomic E-state index is 11.8. The van der Waals surface area contributed by atoms with Crippen LogP contribution in [0.3, 0.4) is 0 Å². The zero-order valence-corrected chi connectivity index (χ0v) is 18.2. The van der Waals surface area contributed by atoms with Gasteiger partial charge in [-0.15, -0.1) is 0 Å². The van der Waals surface area contributed by atoms with Crippen molar-refractivity contribution in [3.63, 3.8) is 0 Å². The van der Waals surface area contributed by atoms with Crippen LogP contribution in [0.4, 0.5) is 0 Å². The molecule has 6 nitrogen and oxygen atoms in total. The summed E-state index contributed by atoms with van der Waals surface area (Å²) in [7, 11) is 1.68. The average Bonchev–Trinajstić information content (AvgIpc) is 3.47. The van der Waals surface area contributed by atoms with Gasteiger partial charge < -0.3 is 20.1 Å². The molecule has 0 bridgehead atoms. The Morgan fingerprint density at radius 3 is 2.44 bits per heavy atom. The van der Waals surface area contributed by atoms with Gasteiger partial charge in [0.25, 0.3) is 0 Å². The fourth-order valence-corrected chi connectivity index (χ4v) is 3.99. The molecule has 3 N–H and O–H groups in total. The van der Waals surface area contributed by atoms with Gasteiger partial charge in [0.2, 0.25) is 5.91 Å². The molecule has 0 aliphatic heterocycles. The number of benzene rings is 2. The molecule has 4 rings (SSSR count). The van der Waals surface area contributed by atoms with Crippen molar-refractivity contribution in [1.29, 1.82) is 0 Å². The summed E-state index contributed by atoms with van der Waals surface area (Å²) in [4.78, 5) is 15.9. The van der Waals surface area contributed by atoms with Crippen molar-refractivity contribution in [2.45, 2.75) is 31.4 Å². The van der Waals surface area contributed by atoms with E-state index in [2.05, 4.69) is 46.4 Å². The van der Waals surface area contributed by atoms with Crippen LogP contribution in [-0.4, -0.2) is 39.3 Å². The fourth-order valence-electron chi connectivity index (χ4n) is 3.99. The van der Waals surface area contributed by atoms with Gasteiger partial charge in [-0.25, -0.2) is 4.98 Å². The summed E-state index contributed by atoms with van der Waals surface area (Å²) < 4.78 is 1.70. The monoisotopic (exact) mass is 429 g/mol. The zero-order chi connectivity index (χ0) is 22.7. The van der Waals surface area contributed by atoms with E-state index in [-0.39, 0.29) is 18.4 Å². The van der Waals surface area contributed by atoms with E-state index in [9.17, 15) is 15.0 Å². The zero-order valence-electron chi connectivity index (χ0n) is 18.2. The molecule has 2 aromatic carbocycles. The summed E-state index contributed by atoms with van der Waals surface area (Å²) in [6.07, 6.45) is 3.48. The second-order valence-corrected chi connectivity index (χ2v) is 8.10. The van der Waals surface area contributed by atoms with E-state index < -0.39 is 12.1 Å². The number of carbonyl (C=O) groups is 1. The highest BCUT2D eigenvalue weighted by atomic mass is 16.3. The first-order chi connectivity index (χ1) is 15.5. The largest absolute Gasteiger partial charge is 0.393 e. The molecule has 1 heterocycles. The van der Waals surface area contributed by atoms with E-state index in [4.69, 9.17) is 0 Å². The minimum atomic E-state index is -0.735. The number of aliphatic hydroxyl groups is 2. The smallest absolute Gasteiger partial charge is 0.223 e. The molecule has 1 amide bonds. The average molecular weight is 430 g/mol.